The third kappa shape index (κ3) is 12.0. The largest absolute Gasteiger partial charge is 0.445 e. The fourth-order valence-electron chi connectivity index (χ4n) is 7.06. The van der Waals surface area contributed by atoms with Crippen molar-refractivity contribution in [2.45, 2.75) is 89.8 Å². The number of anilines is 1. The molecule has 1 saturated heterocycles. The number of rotatable bonds is 20. The van der Waals surface area contributed by atoms with Gasteiger partial charge in [0.25, 0.3) is 11.8 Å². The predicted molar refractivity (Wildman–Crippen MR) is 206 cm³/mol. The number of ether oxygens (including phenoxy) is 1. The average Bonchev–Trinajstić information content (AvgIpc) is 3.67. The Balaban J connectivity index is 1.47. The zero-order chi connectivity index (χ0) is 38.1. The molecular formula is C41H54N4O7P+. The Labute approximate surface area is 315 Å². The summed E-state index contributed by atoms with van der Waals surface area (Å²) in [5.41, 5.74) is 1.29. The maximum Gasteiger partial charge on any atom is 0.410 e. The molecule has 284 valence electrons. The topological polar surface area (TPSA) is 126 Å². The lowest BCUT2D eigenvalue weighted by molar-refractivity contribution is -0.180. The molecule has 0 aromatic heterocycles. The highest BCUT2D eigenvalue weighted by molar-refractivity contribution is 7.23. The minimum Gasteiger partial charge on any atom is -0.445 e. The number of unbranched alkanes of at least 4 members (excludes halogenated alkanes) is 1. The molecule has 1 aliphatic rings. The van der Waals surface area contributed by atoms with E-state index in [1.165, 1.54) is 17.1 Å². The van der Waals surface area contributed by atoms with Crippen LogP contribution in [0.4, 0.5) is 10.5 Å². The summed E-state index contributed by atoms with van der Waals surface area (Å²) in [7, 11) is 0.609. The van der Waals surface area contributed by atoms with Crippen LogP contribution >= 0.6 is 8.46 Å². The third-order valence-electron chi connectivity index (χ3n) is 9.58. The normalized spacial score (nSPS) is 15.2. The molecule has 0 aliphatic carbocycles. The molecule has 1 fully saturated rings. The van der Waals surface area contributed by atoms with Crippen LogP contribution in [-0.2, 0) is 41.6 Å². The lowest BCUT2D eigenvalue weighted by atomic mass is 9.81. The van der Waals surface area contributed by atoms with Crippen LogP contribution in [0.1, 0.15) is 76.3 Å². The molecule has 4 amide bonds. The smallest absolute Gasteiger partial charge is 0.410 e. The quantitative estimate of drug-likeness (QED) is 0.0717. The van der Waals surface area contributed by atoms with Gasteiger partial charge in [0.15, 0.2) is 0 Å². The molecule has 3 atom stereocenters. The van der Waals surface area contributed by atoms with E-state index in [-0.39, 0.29) is 55.9 Å². The summed E-state index contributed by atoms with van der Waals surface area (Å²) in [5, 5.41) is 4.32. The van der Waals surface area contributed by atoms with Gasteiger partial charge in [-0.3, -0.25) is 29.0 Å². The summed E-state index contributed by atoms with van der Waals surface area (Å²) in [6.07, 6.45) is 3.60. The molecule has 0 bridgehead atoms. The maximum absolute atomic E-state index is 14.5. The number of likely N-dealkylation sites (tertiary alicyclic amines) is 1. The Morgan fingerprint density at radius 2 is 1.55 bits per heavy atom. The van der Waals surface area contributed by atoms with Crippen molar-refractivity contribution < 1.29 is 33.3 Å². The molecule has 1 N–H and O–H groups in total. The first-order valence-corrected chi connectivity index (χ1v) is 19.7. The van der Waals surface area contributed by atoms with Crippen molar-refractivity contribution in [3.05, 3.63) is 102 Å². The molecule has 11 nitrogen and oxygen atoms in total. The average molecular weight is 746 g/mol. The Kier molecular flexibility index (Phi) is 16.5. The molecule has 0 saturated carbocycles. The Bertz CT molecular complexity index is 1610. The van der Waals surface area contributed by atoms with Gasteiger partial charge in [0.05, 0.1) is 7.11 Å². The van der Waals surface area contributed by atoms with Crippen LogP contribution in [-0.4, -0.2) is 76.7 Å². The first-order valence-electron chi connectivity index (χ1n) is 18.6. The highest BCUT2D eigenvalue weighted by atomic mass is 31.1. The number of nitrogens with one attached hydrogen (secondary N) is 1. The second-order valence-corrected chi connectivity index (χ2v) is 14.5. The van der Waals surface area contributed by atoms with Crippen molar-refractivity contribution in [3.63, 3.8) is 0 Å². The summed E-state index contributed by atoms with van der Waals surface area (Å²) >= 11 is 0. The molecule has 3 aromatic carbocycles. The molecule has 1 unspecified atom stereocenters. The number of hydrogen-bond donors (Lipinski definition) is 1. The van der Waals surface area contributed by atoms with E-state index in [0.29, 0.717) is 57.2 Å². The number of hydrogen-bond acceptors (Lipinski definition) is 7. The van der Waals surface area contributed by atoms with Gasteiger partial charge in [-0.25, -0.2) is 9.86 Å². The van der Waals surface area contributed by atoms with Gasteiger partial charge >= 0.3 is 14.6 Å². The number of carbonyl (C=O) groups excluding carboxylic acids is 4. The monoisotopic (exact) mass is 745 g/mol. The third-order valence-corrected chi connectivity index (χ3v) is 10.0. The molecule has 0 radical (unpaired) electrons. The molecule has 1 heterocycles. The van der Waals surface area contributed by atoms with E-state index in [2.05, 4.69) is 5.32 Å². The van der Waals surface area contributed by atoms with Crippen LogP contribution in [0.15, 0.2) is 91.0 Å². The van der Waals surface area contributed by atoms with Crippen LogP contribution in [0.3, 0.4) is 0 Å². The first kappa shape index (κ1) is 41.2. The molecule has 53 heavy (non-hydrogen) atoms. The summed E-state index contributed by atoms with van der Waals surface area (Å²) < 4.78 is 17.8. The second kappa shape index (κ2) is 21.2. The van der Waals surface area contributed by atoms with Crippen molar-refractivity contribution in [1.82, 2.24) is 14.9 Å². The van der Waals surface area contributed by atoms with Gasteiger partial charge in [-0.15, -0.1) is 0 Å². The van der Waals surface area contributed by atoms with Crippen LogP contribution < -0.4 is 5.32 Å². The summed E-state index contributed by atoms with van der Waals surface area (Å²) in [4.78, 5) is 63.7. The maximum atomic E-state index is 14.5. The molecular weight excluding hydrogens is 691 g/mol. The van der Waals surface area contributed by atoms with E-state index >= 15 is 0 Å². The summed E-state index contributed by atoms with van der Waals surface area (Å²) in [6.45, 7) is 4.74. The summed E-state index contributed by atoms with van der Waals surface area (Å²) in [5.74, 6) is -0.859. The number of amides is 4. The van der Waals surface area contributed by atoms with Gasteiger partial charge in [0.1, 0.15) is 18.2 Å². The van der Waals surface area contributed by atoms with Gasteiger partial charge in [0, 0.05) is 25.2 Å². The Hall–Kier alpha value is -4.60. The van der Waals surface area contributed by atoms with Gasteiger partial charge < -0.3 is 10.1 Å². The van der Waals surface area contributed by atoms with Crippen molar-refractivity contribution in [2.24, 2.45) is 5.92 Å². The number of hydroxylamine groups is 2. The standard InChI is InChI=1S/C41H53N4O7P/c1-32(2)29-41(39(48)42-35-22-11-6-12-23-35,44(31-53-50)37(46)25-15-21-33-17-7-4-8-18-33)26-13-14-28-45(51-3)38(47)36-24-16-27-43(36)40(49)52-30-34-19-9-5-10-20-34/h4-12,17-20,22-23,32,36H,13-16,21,24-31H2,1-3H3,(H,42,48)/p+1/t36-,41-/m0/s1. The van der Waals surface area contributed by atoms with E-state index < -0.39 is 26.1 Å². The van der Waals surface area contributed by atoms with Crippen LogP contribution in [0.5, 0.6) is 0 Å². The Morgan fingerprint density at radius 1 is 0.906 bits per heavy atom. The van der Waals surface area contributed by atoms with Crippen molar-refractivity contribution in [1.29, 1.82) is 0 Å². The number of nitrogens with zero attached hydrogens (tertiary/aromatic N) is 3. The van der Waals surface area contributed by atoms with Crippen LogP contribution in [0.2, 0.25) is 0 Å². The highest BCUT2D eigenvalue weighted by Gasteiger charge is 2.47. The number of carbonyl (C=O) groups is 4. The molecule has 0 spiro atoms. The van der Waals surface area contributed by atoms with E-state index in [4.69, 9.17) is 9.57 Å². The fraction of sp³-hybridized carbons (Fsp3) is 0.463. The van der Waals surface area contributed by atoms with Crippen molar-refractivity contribution in [2.75, 3.05) is 31.8 Å². The SMILES string of the molecule is CON(CCCC[C@](CC(C)C)(C(=O)Nc1ccccc1)N(C[PH+]=O)C(=O)CCCc1ccccc1)C(=O)[C@@H]1CCCN1C(=O)OCc1ccccc1. The summed E-state index contributed by atoms with van der Waals surface area (Å²) in [6, 6.07) is 27.7. The van der Waals surface area contributed by atoms with E-state index in [1.807, 2.05) is 92.7 Å². The number of para-hydroxylation sites is 1. The molecule has 4 rings (SSSR count). The lowest BCUT2D eigenvalue weighted by Crippen LogP contribution is -2.59. The fourth-order valence-corrected chi connectivity index (χ4v) is 7.67. The van der Waals surface area contributed by atoms with E-state index in [9.17, 15) is 23.7 Å². The Morgan fingerprint density at radius 3 is 2.17 bits per heavy atom. The zero-order valence-electron chi connectivity index (χ0n) is 31.2. The van der Waals surface area contributed by atoms with Crippen molar-refractivity contribution >= 4 is 38.0 Å². The predicted octanol–water partition coefficient (Wildman–Crippen LogP) is 7.60. The van der Waals surface area contributed by atoms with Crippen molar-refractivity contribution in [3.8, 4) is 0 Å². The molecule has 3 aromatic rings. The second-order valence-electron chi connectivity index (χ2n) is 13.9. The van der Waals surface area contributed by atoms with Gasteiger partial charge in [-0.1, -0.05) is 97.3 Å². The number of benzene rings is 3. The lowest BCUT2D eigenvalue weighted by Gasteiger charge is -2.42. The zero-order valence-corrected chi connectivity index (χ0v) is 32.2. The van der Waals surface area contributed by atoms with Crippen LogP contribution in [0.25, 0.3) is 0 Å². The minimum absolute atomic E-state index is 0.0261. The van der Waals surface area contributed by atoms with E-state index in [1.54, 1.807) is 17.0 Å². The first-order chi connectivity index (χ1) is 25.7. The van der Waals surface area contributed by atoms with Gasteiger partial charge in [0.2, 0.25) is 12.2 Å². The highest BCUT2D eigenvalue weighted by Crippen LogP contribution is 2.34. The van der Waals surface area contributed by atoms with Crippen LogP contribution in [0, 0.1) is 5.92 Å². The molecule has 1 aliphatic heterocycles. The van der Waals surface area contributed by atoms with E-state index in [0.717, 1.165) is 11.1 Å². The van der Waals surface area contributed by atoms with Gasteiger partial charge in [-0.2, -0.15) is 0 Å². The molecule has 12 heteroatoms. The van der Waals surface area contributed by atoms with Gasteiger partial charge in [-0.05, 0) is 80.5 Å². The minimum atomic E-state index is -1.29. The number of aryl methyl sites for hydroxylation is 1.